The Balaban J connectivity index is -0.000000283. The first-order valence-corrected chi connectivity index (χ1v) is 15.3. The second kappa shape index (κ2) is 26.0. The molecule has 234 valence electrons. The van der Waals surface area contributed by atoms with Gasteiger partial charge in [0, 0.05) is 77.0 Å². The first kappa shape index (κ1) is 48.6. The first-order chi connectivity index (χ1) is 18.4. The van der Waals surface area contributed by atoms with Gasteiger partial charge in [-0.25, -0.2) is 0 Å². The van der Waals surface area contributed by atoms with Crippen LogP contribution in [-0.4, -0.2) is 11.6 Å². The molecular weight excluding hydrogens is 666 g/mol. The quantitative estimate of drug-likeness (QED) is 0.254. The minimum Gasteiger partial charge on any atom is -0.333 e. The molecule has 2 fully saturated rings. The summed E-state index contributed by atoms with van der Waals surface area (Å²) in [5.74, 6) is 3.15. The van der Waals surface area contributed by atoms with Crippen molar-refractivity contribution in [2.45, 2.75) is 134 Å². The Morgan fingerprint density at radius 3 is 1.02 bits per heavy atom. The molecule has 2 aromatic carbocycles. The van der Waals surface area contributed by atoms with Crippen LogP contribution in [0.3, 0.4) is 0 Å². The molecule has 0 heterocycles. The van der Waals surface area contributed by atoms with Gasteiger partial charge in [-0.05, 0) is 36.5 Å². The van der Waals surface area contributed by atoms with Gasteiger partial charge >= 0.3 is 0 Å². The Hall–Kier alpha value is -0.272. The Kier molecular flexibility index (Phi) is 30.1. The molecule has 0 aromatic heterocycles. The van der Waals surface area contributed by atoms with Crippen LogP contribution in [0, 0.1) is 22.7 Å². The monoisotopic (exact) mass is 728 g/mol. The Labute approximate surface area is 312 Å². The van der Waals surface area contributed by atoms with Crippen molar-refractivity contribution in [1.82, 2.24) is 0 Å². The van der Waals surface area contributed by atoms with Crippen LogP contribution in [0.15, 0.2) is 60.7 Å². The van der Waals surface area contributed by atoms with Crippen molar-refractivity contribution in [3.05, 3.63) is 83.6 Å². The Morgan fingerprint density at radius 2 is 0.810 bits per heavy atom. The van der Waals surface area contributed by atoms with E-state index in [1.807, 2.05) is 64.1 Å². The van der Waals surface area contributed by atoms with E-state index in [4.69, 9.17) is 0 Å². The molecule has 2 aromatic rings. The predicted octanol–water partition coefficient (Wildman–Crippen LogP) is 11.3. The summed E-state index contributed by atoms with van der Waals surface area (Å²) in [6.45, 7) is 16.6. The largest absolute Gasteiger partial charge is 0.333 e. The molecule has 0 saturated heterocycles. The molecular formula is C38H62O2Y2-2. The molecule has 0 N–H and O–H groups in total. The Morgan fingerprint density at radius 1 is 0.548 bits per heavy atom. The molecule has 2 aliphatic rings. The van der Waals surface area contributed by atoms with Crippen LogP contribution in [0.2, 0.25) is 0 Å². The van der Waals surface area contributed by atoms with Gasteiger partial charge in [-0.3, -0.25) is 0 Å². The summed E-state index contributed by atoms with van der Waals surface area (Å²) >= 11 is 0. The van der Waals surface area contributed by atoms with Gasteiger partial charge < -0.3 is 21.4 Å². The van der Waals surface area contributed by atoms with Gasteiger partial charge in [0.05, 0.1) is 0 Å². The number of carbonyl (C=O) groups excluding carboxylic acids is 2. The van der Waals surface area contributed by atoms with Crippen LogP contribution < -0.4 is 0 Å². The fourth-order valence-electron chi connectivity index (χ4n) is 5.86. The zero-order valence-electron chi connectivity index (χ0n) is 26.8. The van der Waals surface area contributed by atoms with Crippen LogP contribution >= 0.6 is 0 Å². The summed E-state index contributed by atoms with van der Waals surface area (Å²) in [5.41, 5.74) is 2.45. The van der Waals surface area contributed by atoms with E-state index in [2.05, 4.69) is 52.0 Å². The topological polar surface area (TPSA) is 34.1 Å². The van der Waals surface area contributed by atoms with Gasteiger partial charge in [-0.15, -0.1) is 12.8 Å². The zero-order valence-corrected chi connectivity index (χ0v) is 32.5. The summed E-state index contributed by atoms with van der Waals surface area (Å²) in [6.07, 6.45) is 9.75. The summed E-state index contributed by atoms with van der Waals surface area (Å²) in [7, 11) is 0. The van der Waals surface area contributed by atoms with Gasteiger partial charge in [0.1, 0.15) is 0 Å². The molecule has 0 spiro atoms. The van der Waals surface area contributed by atoms with E-state index in [1.165, 1.54) is 11.1 Å². The van der Waals surface area contributed by atoms with Crippen LogP contribution in [0.5, 0.6) is 0 Å². The van der Waals surface area contributed by atoms with E-state index < -0.39 is 0 Å². The minimum atomic E-state index is -0.0376. The fourth-order valence-corrected chi connectivity index (χ4v) is 5.86. The molecule has 0 amide bonds. The zero-order chi connectivity index (χ0) is 28.6. The van der Waals surface area contributed by atoms with E-state index in [0.29, 0.717) is 11.6 Å². The van der Waals surface area contributed by atoms with E-state index in [1.54, 1.807) is 0 Å². The minimum absolute atomic E-state index is 0. The second-order valence-corrected chi connectivity index (χ2v) is 10.2. The van der Waals surface area contributed by atoms with Crippen molar-refractivity contribution >= 4 is 11.6 Å². The first-order valence-electron chi connectivity index (χ1n) is 15.3. The number of Topliss-reactive ketones (excluding diaryl/α,β-unsaturated/α-hetero) is 2. The van der Waals surface area contributed by atoms with Gasteiger partial charge in [0.25, 0.3) is 0 Å². The number of carbonyl (C=O) groups is 2. The fraction of sp³-hybridized carbons (Fsp3) is 0.579. The number of ketones is 2. The predicted molar refractivity (Wildman–Crippen MR) is 177 cm³/mol. The Bertz CT molecular complexity index is 841. The third-order valence-corrected chi connectivity index (χ3v) is 8.64. The van der Waals surface area contributed by atoms with E-state index in [0.717, 1.165) is 76.0 Å². The van der Waals surface area contributed by atoms with Gasteiger partial charge in [-0.1, -0.05) is 155 Å². The number of hydrogen-bond donors (Lipinski definition) is 0. The summed E-state index contributed by atoms with van der Waals surface area (Å²) in [6, 6.07) is 20.7. The maximum atomic E-state index is 12.5. The maximum Gasteiger partial charge on any atom is 0.00788 e. The van der Waals surface area contributed by atoms with Gasteiger partial charge in [0.2, 0.25) is 0 Å². The molecule has 2 nitrogen and oxygen atoms in total. The normalized spacial score (nSPS) is 15.4. The summed E-state index contributed by atoms with van der Waals surface area (Å²) < 4.78 is 0. The average Bonchev–Trinajstić information content (AvgIpc) is 3.48. The van der Waals surface area contributed by atoms with Gasteiger partial charge in [0.15, 0.2) is 0 Å². The van der Waals surface area contributed by atoms with Crippen molar-refractivity contribution in [3.8, 4) is 0 Å². The second-order valence-electron chi connectivity index (χ2n) is 10.2. The van der Waals surface area contributed by atoms with E-state index >= 15 is 0 Å². The number of rotatable bonds is 8. The van der Waals surface area contributed by atoms with Crippen LogP contribution in [0.4, 0.5) is 0 Å². The van der Waals surface area contributed by atoms with Crippen molar-refractivity contribution in [2.75, 3.05) is 0 Å². The molecule has 4 heteroatoms. The molecule has 0 atom stereocenters. The van der Waals surface area contributed by atoms with Crippen molar-refractivity contribution in [3.63, 3.8) is 0 Å². The number of hydrogen-bond acceptors (Lipinski definition) is 2. The molecule has 0 bridgehead atoms. The smallest absolute Gasteiger partial charge is 0.00788 e. The average molecular weight is 729 g/mol. The molecule has 2 aliphatic carbocycles. The molecule has 42 heavy (non-hydrogen) atoms. The SMILES string of the molecule is C.C.CC.CC.CCC1(CC)CC[C-](Cc2ccccc2)C1=O.CCC1(CC)CC[C-](Cc2ccccc2)C1=O.[Y].[Y]. The van der Waals surface area contributed by atoms with Crippen LogP contribution in [0.25, 0.3) is 0 Å². The molecule has 4 rings (SSSR count). The third-order valence-electron chi connectivity index (χ3n) is 8.64. The maximum absolute atomic E-state index is 12.5. The standard InChI is InChI=1S/2C16H21O.2C2H6.2CH4.2Y/c2*1-3-16(4-2)11-10-14(15(16)17)12-13-8-6-5-7-9-13;2*1-2;;;;/h2*5-9H,3-4,10-12H2,1-2H3;2*1-2H3;2*1H4;;/q2*-1;;;;;;. The van der Waals surface area contributed by atoms with Crippen molar-refractivity contribution < 1.29 is 75.0 Å². The third kappa shape index (κ3) is 13.0. The van der Waals surface area contributed by atoms with Crippen LogP contribution in [-0.2, 0) is 87.8 Å². The van der Waals surface area contributed by atoms with Crippen LogP contribution in [0.1, 0.15) is 133 Å². The van der Waals surface area contributed by atoms with Crippen molar-refractivity contribution in [1.29, 1.82) is 0 Å². The number of benzene rings is 2. The van der Waals surface area contributed by atoms with Crippen molar-refractivity contribution in [2.24, 2.45) is 10.8 Å². The molecule has 2 radical (unpaired) electrons. The van der Waals surface area contributed by atoms with E-state index in [9.17, 15) is 9.59 Å². The summed E-state index contributed by atoms with van der Waals surface area (Å²) in [5, 5.41) is 0. The molecule has 0 unspecified atom stereocenters. The van der Waals surface area contributed by atoms with Gasteiger partial charge in [-0.2, -0.15) is 12.8 Å². The molecule has 2 saturated carbocycles. The summed E-state index contributed by atoms with van der Waals surface area (Å²) in [4.78, 5) is 24.9. The van der Waals surface area contributed by atoms with E-state index in [-0.39, 0.29) is 91.1 Å². The molecule has 0 aliphatic heterocycles.